The summed E-state index contributed by atoms with van der Waals surface area (Å²) in [5.74, 6) is -17.4. The highest BCUT2D eigenvalue weighted by atomic mass is 16.5. The van der Waals surface area contributed by atoms with E-state index in [-0.39, 0.29) is 93.3 Å². The highest BCUT2D eigenvalue weighted by Gasteiger charge is 2.42. The number of aliphatic hydroxyl groups is 6. The van der Waals surface area contributed by atoms with Crippen LogP contribution in [0.1, 0.15) is 84.1 Å². The first-order valence-electron chi connectivity index (χ1n) is 31.1. The first-order valence-corrected chi connectivity index (χ1v) is 31.1. The van der Waals surface area contributed by atoms with Crippen LogP contribution >= 0.6 is 0 Å². The van der Waals surface area contributed by atoms with E-state index in [9.17, 15) is 118 Å². The number of aliphatic carboxylic acids is 1. The van der Waals surface area contributed by atoms with Crippen LogP contribution in [-0.4, -0.2) is 269 Å². The number of carboxylic acid groups (broad SMARTS) is 1. The van der Waals surface area contributed by atoms with E-state index in [1.807, 2.05) is 5.32 Å². The van der Waals surface area contributed by atoms with Gasteiger partial charge in [0.1, 0.15) is 72.1 Å². The van der Waals surface area contributed by atoms with Crippen LogP contribution in [0.15, 0.2) is 28.0 Å². The lowest BCUT2D eigenvalue weighted by molar-refractivity contribution is -0.173. The molecule has 13 amide bonds. The van der Waals surface area contributed by atoms with Crippen LogP contribution in [0.3, 0.4) is 0 Å². The second-order valence-electron chi connectivity index (χ2n) is 23.3. The van der Waals surface area contributed by atoms with Crippen molar-refractivity contribution in [1.82, 2.24) is 62.8 Å². The number of carboxylic acids is 1. The summed E-state index contributed by atoms with van der Waals surface area (Å²) in [5.41, 5.74) is 15.6. The number of hydrogen-bond donors (Lipinski definition) is 24. The van der Waals surface area contributed by atoms with Gasteiger partial charge in [0.05, 0.1) is 49.5 Å². The summed E-state index contributed by atoms with van der Waals surface area (Å²) in [7, 11) is 0. The molecule has 42 heteroatoms. The van der Waals surface area contributed by atoms with E-state index in [0.29, 0.717) is 11.5 Å². The number of hydrogen-bond acceptors (Lipinski definition) is 27. The molecule has 0 bridgehead atoms. The molecule has 42 nitrogen and oxygen atoms in total. The monoisotopic (exact) mass is 1400 g/mol. The first kappa shape index (κ1) is 79.4. The summed E-state index contributed by atoms with van der Waals surface area (Å²) < 4.78 is 1.28. The van der Waals surface area contributed by atoms with Crippen molar-refractivity contribution in [2.45, 2.75) is 163 Å². The lowest BCUT2D eigenvalue weighted by atomic mass is 10.0. The Hall–Kier alpha value is -10.2. The van der Waals surface area contributed by atoms with Crippen molar-refractivity contribution in [3.8, 4) is 17.0 Å². The smallest absolute Gasteiger partial charge is 0.335 e. The zero-order valence-corrected chi connectivity index (χ0v) is 53.6. The van der Waals surface area contributed by atoms with Crippen molar-refractivity contribution in [2.75, 3.05) is 56.6 Å². The van der Waals surface area contributed by atoms with Gasteiger partial charge in [-0.1, -0.05) is 0 Å². The second kappa shape index (κ2) is 36.9. The number of amidine groups is 1. The number of aliphatic hydroxyl groups excluding tert-OH is 6. The van der Waals surface area contributed by atoms with E-state index < -0.39 is 218 Å². The van der Waals surface area contributed by atoms with Crippen molar-refractivity contribution in [1.29, 1.82) is 0 Å². The molecule has 0 radical (unpaired) electrons. The average Bonchev–Trinajstić information content (AvgIpc) is 0.748. The van der Waals surface area contributed by atoms with Gasteiger partial charge in [-0.3, -0.25) is 77.3 Å². The lowest BCUT2D eigenvalue weighted by Gasteiger charge is -2.34. The van der Waals surface area contributed by atoms with E-state index in [2.05, 4.69) is 63.5 Å². The molecule has 5 rings (SSSR count). The van der Waals surface area contributed by atoms with Crippen molar-refractivity contribution < 1.29 is 113 Å². The number of rotatable bonds is 36. The number of hydroxylamine groups is 2. The second-order valence-corrected chi connectivity index (χ2v) is 23.3. The number of nitrogens with one attached hydrogen (secondary N) is 12. The number of primary amides is 2. The quantitative estimate of drug-likeness (QED) is 0.0282. The minimum atomic E-state index is -2.78. The van der Waals surface area contributed by atoms with Gasteiger partial charge in [-0.15, -0.1) is 0 Å². The standard InChI is InChI=1S/C57H84N18O24/c1-23(79)41(53(93)67-29-6-4-16-74(99)56(29)96)71-50(90)32(21-77)68-47(87)28-11-14-61-45(64-28)26(7-8-38(59)83)65-55(95)43(44(86)57(97)98)73-48(88)27(5-3-13-58)66-49(89)31(20-76)70-54(94)42(24(2)80)72-51(91)33(22-78)69-52(92)34-12-15-62-46-30(63-40(85)10-9-39(60)84)17-25-18-36(81)37(82)19-35(25)75(34)46/h17-19,23-24,26-29,31-34,41-44,62,76-81,86,99H,3-16,20-22,58H2,1-2H3,(H2,59,83)(H2,60,84)(H,61,64)(H,63,85)(H,65,95)(H,66,89)(H,67,93)(H,68,87)(H,69,92)(H,70,94)(H,71,90)(H,72,91)(H,73,88)(H,97,98). The summed E-state index contributed by atoms with van der Waals surface area (Å²) in [4.78, 5) is 202. The van der Waals surface area contributed by atoms with Gasteiger partial charge in [-0.05, 0) is 77.5 Å². The van der Waals surface area contributed by atoms with E-state index in [1.54, 1.807) is 0 Å². The molecular formula is C57H84N18O24. The zero-order valence-electron chi connectivity index (χ0n) is 53.6. The van der Waals surface area contributed by atoms with Crippen LogP contribution in [0.2, 0.25) is 0 Å². The minimum absolute atomic E-state index is 0.00306. The summed E-state index contributed by atoms with van der Waals surface area (Å²) >= 11 is 0. The van der Waals surface area contributed by atoms with E-state index in [1.165, 1.54) is 10.6 Å². The molecule has 14 atom stereocenters. The van der Waals surface area contributed by atoms with Crippen molar-refractivity contribution in [3.05, 3.63) is 28.4 Å². The molecular weight excluding hydrogens is 1320 g/mol. The number of aliphatic imine (C=N–C) groups is 1. The molecule has 27 N–H and O–H groups in total. The zero-order chi connectivity index (χ0) is 73.7. The maximum absolute atomic E-state index is 14.1. The number of carbonyl (C=O) groups excluding carboxylic acids is 13. The fourth-order valence-corrected chi connectivity index (χ4v) is 10.5. The van der Waals surface area contributed by atoms with Crippen LogP contribution in [0, 0.1) is 0 Å². The van der Waals surface area contributed by atoms with Crippen molar-refractivity contribution in [2.24, 2.45) is 22.2 Å². The van der Waals surface area contributed by atoms with Crippen molar-refractivity contribution in [3.63, 3.8) is 0 Å². The van der Waals surface area contributed by atoms with Gasteiger partial charge in [0, 0.05) is 50.5 Å². The largest absolute Gasteiger partial charge is 0.504 e. The van der Waals surface area contributed by atoms with Gasteiger partial charge < -0.3 is 126 Å². The number of piperidine rings is 1. The Morgan fingerprint density at radius 1 is 0.657 bits per heavy atom. The number of benzene rings is 1. The predicted octanol–water partition coefficient (Wildman–Crippen LogP) is -11.5. The number of nitrogens with zero attached hydrogens (tertiary/aromatic N) is 3. The third-order valence-corrected chi connectivity index (χ3v) is 15.8. The number of aromatic nitrogens is 1. The van der Waals surface area contributed by atoms with Crippen LogP contribution in [0.5, 0.6) is 5.75 Å². The fourth-order valence-electron chi connectivity index (χ4n) is 10.5. The molecule has 0 aromatic carbocycles. The molecule has 0 spiro atoms. The molecule has 1 saturated heterocycles. The molecule has 14 unspecified atom stereocenters. The number of amides is 13. The molecule has 1 aliphatic carbocycles. The number of phenolic OH excluding ortho intramolecular Hbond substituents is 1. The Balaban J connectivity index is 1.27. The van der Waals surface area contributed by atoms with Crippen LogP contribution < -0.4 is 86.4 Å². The van der Waals surface area contributed by atoms with E-state index >= 15 is 0 Å². The van der Waals surface area contributed by atoms with Crippen molar-refractivity contribution >= 4 is 100 Å². The number of pyridine rings is 1. The third kappa shape index (κ3) is 21.9. The molecule has 4 heterocycles. The Labute approximate surface area is 561 Å². The van der Waals surface area contributed by atoms with Gasteiger partial charge in [-0.2, -0.15) is 0 Å². The fraction of sp³-hybridized carbons (Fsp3) is 0.579. The average molecular weight is 1410 g/mol. The number of carbonyl (C=O) groups is 14. The summed E-state index contributed by atoms with van der Waals surface area (Å²) in [5, 5.41) is 121. The van der Waals surface area contributed by atoms with Crippen LogP contribution in [-0.2, 0) is 67.1 Å². The third-order valence-electron chi connectivity index (χ3n) is 15.8. The van der Waals surface area contributed by atoms with Gasteiger partial charge in [0.25, 0.3) is 5.91 Å². The number of anilines is 2. The normalized spacial score (nSPS) is 19.1. The number of aromatic hydroxyl groups is 1. The van der Waals surface area contributed by atoms with E-state index in [0.717, 1.165) is 26.0 Å². The Morgan fingerprint density at radius 3 is 1.80 bits per heavy atom. The van der Waals surface area contributed by atoms with Gasteiger partial charge >= 0.3 is 5.97 Å². The van der Waals surface area contributed by atoms with Gasteiger partial charge in [-0.25, -0.2) is 9.86 Å². The number of nitrogens with two attached hydrogens (primary N) is 3. The molecule has 0 aromatic heterocycles. The number of phenols is 1. The maximum Gasteiger partial charge on any atom is 0.335 e. The van der Waals surface area contributed by atoms with Gasteiger partial charge in [0.15, 0.2) is 11.9 Å². The lowest BCUT2D eigenvalue weighted by Crippen LogP contribution is -2.64. The van der Waals surface area contributed by atoms with Crippen LogP contribution in [0.4, 0.5) is 11.5 Å². The summed E-state index contributed by atoms with van der Waals surface area (Å²) in [6.45, 7) is -1.69. The molecule has 0 saturated carbocycles. The van der Waals surface area contributed by atoms with Crippen LogP contribution in [0.25, 0.3) is 11.3 Å². The molecule has 4 aliphatic heterocycles. The maximum atomic E-state index is 14.1. The predicted molar refractivity (Wildman–Crippen MR) is 337 cm³/mol. The minimum Gasteiger partial charge on any atom is -0.504 e. The molecule has 546 valence electrons. The summed E-state index contributed by atoms with van der Waals surface area (Å²) in [6.07, 6.45) is -8.13. The Morgan fingerprint density at radius 2 is 1.21 bits per heavy atom. The number of fused-ring (bicyclic) bond motifs is 3. The molecule has 0 aromatic rings. The van der Waals surface area contributed by atoms with E-state index in [4.69, 9.17) is 17.2 Å². The Bertz CT molecular complexity index is 3400. The highest BCUT2D eigenvalue weighted by Crippen LogP contribution is 2.40. The first-order chi connectivity index (χ1) is 46.7. The molecule has 5 aliphatic rings. The highest BCUT2D eigenvalue weighted by molar-refractivity contribution is 6.02. The molecule has 1 fully saturated rings. The Kier molecular flexibility index (Phi) is 29.6. The SMILES string of the molecule is CC(O)C(NC(=O)C(CO)NC(=O)C1CCNc2c(NC(=O)CCC(N)=O)cc3cc(O)c(=O)cc-3n21)C(=O)NC(CO)C(=O)NC(CCCN)C(=O)NC(C(=O)NC(CCC(N)=O)C1=NCCC(C(=O)NC(CO)C(=O)NC(C(=O)NC2CCCN(O)C2=O)C(C)O)N1)C(O)C(=O)O. The van der Waals surface area contributed by atoms with Gasteiger partial charge in [0.2, 0.25) is 76.3 Å². The topological polar surface area (TPSA) is 681 Å². The summed E-state index contributed by atoms with van der Waals surface area (Å²) in [6, 6.07) is -15.8. The molecule has 99 heavy (non-hydrogen) atoms.